The van der Waals surface area contributed by atoms with E-state index in [0.717, 1.165) is 63.2 Å². The summed E-state index contributed by atoms with van der Waals surface area (Å²) in [7, 11) is 9.98. The molecule has 5 heterocycles. The number of benzene rings is 8. The maximum atomic E-state index is 13.5. The Hall–Kier alpha value is -7.56. The average Bonchev–Trinajstić information content (AvgIpc) is 1.61. The predicted octanol–water partition coefficient (Wildman–Crippen LogP) is 10.2. The van der Waals surface area contributed by atoms with Crippen molar-refractivity contribution in [2.24, 2.45) is 5.41 Å². The first-order valence-corrected chi connectivity index (χ1v) is 47.8. The molecule has 8 aromatic carbocycles. The van der Waals surface area contributed by atoms with Crippen LogP contribution in [0.3, 0.4) is 0 Å². The van der Waals surface area contributed by atoms with Gasteiger partial charge in [-0.2, -0.15) is 0 Å². The average molecular weight is 2090 g/mol. The zero-order valence-corrected chi connectivity index (χ0v) is 88.4. The minimum absolute atomic E-state index is 0.00322. The highest BCUT2D eigenvalue weighted by atomic mass is 19.2. The summed E-state index contributed by atoms with van der Waals surface area (Å²) in [5, 5.41) is 19.1. The van der Waals surface area contributed by atoms with Crippen molar-refractivity contribution in [3.8, 4) is 0 Å². The van der Waals surface area contributed by atoms with Crippen LogP contribution in [-0.2, 0) is 194 Å². The number of methoxy groups -OCH3 is 8. The van der Waals surface area contributed by atoms with E-state index in [1.807, 2.05) is 55.4 Å². The van der Waals surface area contributed by atoms with Crippen LogP contribution < -0.4 is 43.7 Å². The molecule has 5 aliphatic rings. The second-order valence-corrected chi connectivity index (χ2v) is 35.7. The van der Waals surface area contributed by atoms with Gasteiger partial charge in [-0.3, -0.25) is 0 Å². The smallest absolute Gasteiger partial charge is 0.423 e. The van der Waals surface area contributed by atoms with E-state index in [0.29, 0.717) is 97.2 Å². The highest BCUT2D eigenvalue weighted by Crippen LogP contribution is 2.37. The zero-order chi connectivity index (χ0) is 108. The van der Waals surface area contributed by atoms with Gasteiger partial charge >= 0.3 is 56.9 Å². The topological polar surface area (TPSA) is 317 Å². The van der Waals surface area contributed by atoms with Crippen LogP contribution in [-0.4, -0.2) is 269 Å². The fourth-order valence-electron chi connectivity index (χ4n) is 14.1. The molecular weight excluding hydrogens is 1950 g/mol. The van der Waals surface area contributed by atoms with Gasteiger partial charge in [0.2, 0.25) is 0 Å². The maximum absolute atomic E-state index is 13.5. The van der Waals surface area contributed by atoms with Crippen LogP contribution in [0.5, 0.6) is 0 Å². The SMILES string of the molecule is COCOCc1cc(F)ccc1B(O)OC.COCOCc1cc(F)ccc1B(O)OC.COCOCc1cc(F)ccc1B(OC(C)C)OC(C)C.COCOCc1cc(F)ccc1B1OC(C)(C)C(C)(C)O1.COCOCc1cc(F)ccc1B1OCC(C)(C)CO1.COCOCc1cc(F)ccc1B1OCCCCO1.COCOCc1cc(F)ccc1B1OCCCO1.COCOCc1cc(F)ccc1B1OCCO1. The van der Waals surface area contributed by atoms with E-state index in [1.54, 1.807) is 71.9 Å². The molecule has 814 valence electrons. The first-order chi connectivity index (χ1) is 71.0. The standard InChI is InChI=1S/C15H22BFO4.C15H24BFO4.C14H20BFO4.C13H18BFO4.C12H16BFO4.C11H14BFO4.2C10H14BFO4/c1-14(2)15(3,4)21-16(20-14)13-7-6-12(17)8-11(13)9-19-10-18-5;1-11(2)20-16(21-12(3)4)15-7-6-14(17)8-13(15)9-19-10-18-5;1-14(2)8-19-15(20-9-14)13-5-4-12(16)6-11(13)7-18-10-17-3;1-16-10-17-9-11-8-12(15)4-5-13(11)14-18-6-2-3-7-19-14;1-15-9-16-8-10-7-11(14)3-4-12(10)13-17-5-2-6-18-13;1-14-8-15-7-9-6-10(13)2-3-11(9)12-16-4-5-17-12;2*1-14-7-16-6-8-5-9(12)3-4-10(8)11(13)15-2/h6-8H,9-10H2,1-5H3;6-8,11-12H,9-10H2,1-5H3;4-6H,7-10H2,1-3H3;4-5,8H,2-3,6-7,9-10H2,1H3;3-4,7H,2,5-6,8-9H2,1H3;2-3,6H,4-5,7-8H2,1H3;2*3-5,13H,6-7H2,1-2H3. The number of rotatable bonds is 46. The van der Waals surface area contributed by atoms with Crippen molar-refractivity contribution < 1.29 is 186 Å². The molecule has 32 nitrogen and oxygen atoms in total. The Kier molecular flexibility index (Phi) is 62.3. The van der Waals surface area contributed by atoms with E-state index >= 15 is 0 Å². The molecule has 0 amide bonds. The maximum Gasteiger partial charge on any atom is 0.495 e. The highest BCUT2D eigenvalue weighted by Gasteiger charge is 2.52. The molecule has 0 atom stereocenters. The number of halogens is 8. The van der Waals surface area contributed by atoms with Crippen molar-refractivity contribution >= 4 is 101 Å². The van der Waals surface area contributed by atoms with Gasteiger partial charge in [0.05, 0.1) is 77.3 Å². The third kappa shape index (κ3) is 47.2. The fraction of sp³-hybridized carbons (Fsp3) is 0.520. The molecular formula is C100H142B8F8O32. The third-order valence-electron chi connectivity index (χ3n) is 21.8. The Bertz CT molecular complexity index is 4850. The molecule has 0 radical (unpaired) electrons. The van der Waals surface area contributed by atoms with E-state index in [4.69, 9.17) is 141 Å². The molecule has 8 aromatic rings. The second-order valence-electron chi connectivity index (χ2n) is 35.7. The van der Waals surface area contributed by atoms with Crippen LogP contribution in [0.2, 0.25) is 0 Å². The fourth-order valence-corrected chi connectivity index (χ4v) is 14.1. The predicted molar refractivity (Wildman–Crippen MR) is 544 cm³/mol. The minimum atomic E-state index is -1.08. The number of ether oxygens (including phenoxy) is 16. The second kappa shape index (κ2) is 71.4. The van der Waals surface area contributed by atoms with Crippen LogP contribution >= 0.6 is 0 Å². The molecule has 2 N–H and O–H groups in total. The summed E-state index contributed by atoms with van der Waals surface area (Å²) in [6, 6.07) is 35.2. The van der Waals surface area contributed by atoms with Crippen LogP contribution in [0.1, 0.15) is 133 Å². The molecule has 0 spiro atoms. The van der Waals surface area contributed by atoms with E-state index in [2.05, 4.69) is 13.8 Å². The van der Waals surface area contributed by atoms with E-state index < -0.39 is 68.1 Å². The minimum Gasteiger partial charge on any atom is -0.423 e. The van der Waals surface area contributed by atoms with Crippen molar-refractivity contribution in [3.05, 3.63) is 237 Å². The lowest BCUT2D eigenvalue weighted by atomic mass is 9.73. The largest absolute Gasteiger partial charge is 0.495 e. The molecule has 5 saturated heterocycles. The number of hydrogen-bond donors (Lipinski definition) is 2. The van der Waals surface area contributed by atoms with Crippen molar-refractivity contribution in [2.45, 2.75) is 165 Å². The quantitative estimate of drug-likeness (QED) is 0.0155. The van der Waals surface area contributed by atoms with Crippen LogP contribution in [0.4, 0.5) is 35.1 Å². The first kappa shape index (κ1) is 129. The normalized spacial score (nSPS) is 15.0. The van der Waals surface area contributed by atoms with Crippen molar-refractivity contribution in [1.29, 1.82) is 0 Å². The van der Waals surface area contributed by atoms with Gasteiger partial charge in [0.15, 0.2) is 0 Å². The van der Waals surface area contributed by atoms with Gasteiger partial charge in [0.1, 0.15) is 101 Å². The summed E-state index contributed by atoms with van der Waals surface area (Å²) in [6.45, 7) is 27.8. The summed E-state index contributed by atoms with van der Waals surface area (Å²) in [5.74, 6) is -2.61. The van der Waals surface area contributed by atoms with Crippen LogP contribution in [0, 0.1) is 52.0 Å². The molecule has 0 saturated carbocycles. The van der Waals surface area contributed by atoms with E-state index in [-0.39, 0.29) is 171 Å². The van der Waals surface area contributed by atoms with Gasteiger partial charge in [-0.15, -0.1) is 0 Å². The Morgan fingerprint density at radius 3 is 0.736 bits per heavy atom. The van der Waals surface area contributed by atoms with Crippen LogP contribution in [0.15, 0.2) is 146 Å². The van der Waals surface area contributed by atoms with Crippen LogP contribution in [0.25, 0.3) is 0 Å². The van der Waals surface area contributed by atoms with Gasteiger partial charge < -0.3 is 151 Å². The Balaban J connectivity index is 0.000000259. The van der Waals surface area contributed by atoms with Gasteiger partial charge in [-0.25, -0.2) is 35.1 Å². The summed E-state index contributed by atoms with van der Waals surface area (Å²) in [5.41, 5.74) is 10.2. The lowest BCUT2D eigenvalue weighted by Crippen LogP contribution is -2.48. The molecule has 0 aromatic heterocycles. The number of hydrogen-bond acceptors (Lipinski definition) is 32. The Morgan fingerprint density at radius 2 is 0.486 bits per heavy atom. The van der Waals surface area contributed by atoms with E-state index in [1.165, 1.54) is 145 Å². The Labute approximate surface area is 867 Å². The summed E-state index contributed by atoms with van der Waals surface area (Å²) >= 11 is 0. The molecule has 0 aliphatic carbocycles. The molecule has 5 aliphatic heterocycles. The first-order valence-electron chi connectivity index (χ1n) is 47.8. The third-order valence-corrected chi connectivity index (χ3v) is 21.8. The lowest BCUT2D eigenvalue weighted by molar-refractivity contribution is -0.0391. The van der Waals surface area contributed by atoms with Crippen molar-refractivity contribution in [2.75, 3.05) is 178 Å². The highest BCUT2D eigenvalue weighted by molar-refractivity contribution is 6.65. The van der Waals surface area contributed by atoms with Gasteiger partial charge in [-0.1, -0.05) is 62.4 Å². The molecule has 5 fully saturated rings. The summed E-state index contributed by atoms with van der Waals surface area (Å²) in [4.78, 5) is 0. The molecule has 13 rings (SSSR count). The Morgan fingerprint density at radius 1 is 0.277 bits per heavy atom. The lowest BCUT2D eigenvalue weighted by Gasteiger charge is -2.33. The van der Waals surface area contributed by atoms with Gasteiger partial charge in [0, 0.05) is 128 Å². The van der Waals surface area contributed by atoms with Gasteiger partial charge in [0.25, 0.3) is 0 Å². The molecule has 48 heteroatoms. The molecule has 0 bridgehead atoms. The summed E-state index contributed by atoms with van der Waals surface area (Å²) < 4.78 is 264. The zero-order valence-electron chi connectivity index (χ0n) is 88.4. The summed E-state index contributed by atoms with van der Waals surface area (Å²) in [6.07, 6.45) is 2.83. The van der Waals surface area contributed by atoms with Crippen molar-refractivity contribution in [3.63, 3.8) is 0 Å². The van der Waals surface area contributed by atoms with Gasteiger partial charge in [-0.05, 0) is 260 Å². The van der Waals surface area contributed by atoms with E-state index in [9.17, 15) is 45.2 Å². The molecule has 0 unspecified atom stereocenters. The monoisotopic (exact) mass is 2100 g/mol. The van der Waals surface area contributed by atoms with Crippen molar-refractivity contribution in [1.82, 2.24) is 0 Å². The molecule has 148 heavy (non-hydrogen) atoms.